The lowest BCUT2D eigenvalue weighted by molar-refractivity contribution is 0.0787. The van der Waals surface area contributed by atoms with Crippen molar-refractivity contribution in [2.45, 2.75) is 40.3 Å². The summed E-state index contributed by atoms with van der Waals surface area (Å²) >= 11 is 6.21. The lowest BCUT2D eigenvalue weighted by Gasteiger charge is -2.19. The molecular weight excluding hydrogens is 420 g/mol. The fraction of sp³-hybridized carbons (Fsp3) is 0.269. The first-order chi connectivity index (χ1) is 15.4. The van der Waals surface area contributed by atoms with Gasteiger partial charge in [0.05, 0.1) is 23.0 Å². The summed E-state index contributed by atoms with van der Waals surface area (Å²) < 4.78 is 1.94. The predicted octanol–water partition coefficient (Wildman–Crippen LogP) is 5.91. The Morgan fingerprint density at radius 2 is 1.94 bits per heavy atom. The van der Waals surface area contributed by atoms with Crippen LogP contribution in [-0.2, 0) is 19.5 Å². The summed E-state index contributed by atoms with van der Waals surface area (Å²) in [4.78, 5) is 20.2. The third-order valence-electron chi connectivity index (χ3n) is 5.89. The molecule has 1 amide bonds. The highest BCUT2D eigenvalue weighted by atomic mass is 35.5. The van der Waals surface area contributed by atoms with Gasteiger partial charge in [-0.15, -0.1) is 0 Å². The molecule has 164 valence electrons. The van der Waals surface area contributed by atoms with Crippen LogP contribution in [0.4, 0.5) is 0 Å². The molecule has 0 aliphatic rings. The topological polar surface area (TPSA) is 51.0 Å². The predicted molar refractivity (Wildman–Crippen MR) is 130 cm³/mol. The Hall–Kier alpha value is -3.18. The lowest BCUT2D eigenvalue weighted by atomic mass is 10.0. The monoisotopic (exact) mass is 446 g/mol. The Balaban J connectivity index is 1.79. The van der Waals surface area contributed by atoms with E-state index in [0.29, 0.717) is 17.1 Å². The van der Waals surface area contributed by atoms with E-state index in [1.54, 1.807) is 4.90 Å². The molecule has 2 aromatic heterocycles. The molecule has 4 aromatic rings. The van der Waals surface area contributed by atoms with Crippen molar-refractivity contribution < 1.29 is 4.79 Å². The highest BCUT2D eigenvalue weighted by molar-refractivity contribution is 6.30. The van der Waals surface area contributed by atoms with Gasteiger partial charge in [0.1, 0.15) is 0 Å². The minimum absolute atomic E-state index is 0.0439. The van der Waals surface area contributed by atoms with Crippen LogP contribution in [0, 0.1) is 6.92 Å². The number of hydrogen-bond donors (Lipinski definition) is 0. The summed E-state index contributed by atoms with van der Waals surface area (Å²) in [6.45, 7) is 7.51. The fourth-order valence-electron chi connectivity index (χ4n) is 3.96. The van der Waals surface area contributed by atoms with Crippen LogP contribution >= 0.6 is 11.6 Å². The van der Waals surface area contributed by atoms with Crippen molar-refractivity contribution >= 4 is 28.4 Å². The first kappa shape index (κ1) is 22.0. The first-order valence-electron chi connectivity index (χ1n) is 10.9. The molecule has 6 heteroatoms. The number of carbonyl (C=O) groups is 1. The summed E-state index contributed by atoms with van der Waals surface area (Å²) in [6, 6.07) is 15.6. The molecule has 5 nitrogen and oxygen atoms in total. The Morgan fingerprint density at radius 3 is 2.62 bits per heavy atom. The van der Waals surface area contributed by atoms with Gasteiger partial charge < -0.3 is 4.90 Å². The van der Waals surface area contributed by atoms with Gasteiger partial charge in [-0.3, -0.25) is 9.48 Å². The molecule has 4 rings (SSSR count). The molecule has 0 unspecified atom stereocenters. The number of hydrogen-bond acceptors (Lipinski definition) is 3. The van der Waals surface area contributed by atoms with Crippen molar-refractivity contribution in [3.8, 4) is 11.3 Å². The van der Waals surface area contributed by atoms with Gasteiger partial charge in [-0.2, -0.15) is 5.10 Å². The maximum absolute atomic E-state index is 13.6. The zero-order chi connectivity index (χ0) is 22.8. The van der Waals surface area contributed by atoms with E-state index in [1.165, 1.54) is 5.56 Å². The molecule has 0 aliphatic heterocycles. The smallest absolute Gasteiger partial charge is 0.254 e. The fourth-order valence-corrected chi connectivity index (χ4v) is 4.15. The lowest BCUT2D eigenvalue weighted by Crippen LogP contribution is -2.27. The van der Waals surface area contributed by atoms with E-state index in [0.717, 1.165) is 46.4 Å². The summed E-state index contributed by atoms with van der Waals surface area (Å²) in [5.41, 5.74) is 6.36. The molecule has 0 radical (unpaired) electrons. The van der Waals surface area contributed by atoms with Gasteiger partial charge in [0.25, 0.3) is 5.91 Å². The van der Waals surface area contributed by atoms with Crippen molar-refractivity contribution in [2.24, 2.45) is 0 Å². The van der Waals surface area contributed by atoms with Gasteiger partial charge in [-0.25, -0.2) is 4.98 Å². The number of benzene rings is 2. The largest absolute Gasteiger partial charge is 0.337 e. The Morgan fingerprint density at radius 1 is 1.12 bits per heavy atom. The number of pyridine rings is 1. The second kappa shape index (κ2) is 9.13. The summed E-state index contributed by atoms with van der Waals surface area (Å²) in [6.07, 6.45) is 2.74. The summed E-state index contributed by atoms with van der Waals surface area (Å²) in [5.74, 6) is -0.0439. The zero-order valence-corrected chi connectivity index (χ0v) is 19.6. The van der Waals surface area contributed by atoms with E-state index < -0.39 is 0 Å². The van der Waals surface area contributed by atoms with Crippen LogP contribution in [0.1, 0.15) is 41.0 Å². The molecule has 32 heavy (non-hydrogen) atoms. The van der Waals surface area contributed by atoms with E-state index >= 15 is 0 Å². The molecule has 0 saturated heterocycles. The number of aryl methyl sites for hydroxylation is 2. The Bertz CT molecular complexity index is 1290. The highest BCUT2D eigenvalue weighted by Gasteiger charge is 2.19. The molecule has 2 heterocycles. The van der Waals surface area contributed by atoms with E-state index in [1.807, 2.05) is 61.2 Å². The molecule has 2 aromatic carbocycles. The van der Waals surface area contributed by atoms with Crippen molar-refractivity contribution in [3.63, 3.8) is 0 Å². The number of fused-ring (bicyclic) bond motifs is 1. The second-order valence-corrected chi connectivity index (χ2v) is 8.44. The second-order valence-electron chi connectivity index (χ2n) is 8.00. The van der Waals surface area contributed by atoms with Crippen LogP contribution in [0.5, 0.6) is 0 Å². The van der Waals surface area contributed by atoms with Gasteiger partial charge >= 0.3 is 0 Å². The van der Waals surface area contributed by atoms with Gasteiger partial charge in [0.15, 0.2) is 0 Å². The summed E-state index contributed by atoms with van der Waals surface area (Å²) in [7, 11) is 1.83. The van der Waals surface area contributed by atoms with Crippen molar-refractivity contribution in [1.82, 2.24) is 19.7 Å². The number of nitrogens with zero attached hydrogens (tertiary/aromatic N) is 4. The highest BCUT2D eigenvalue weighted by Crippen LogP contribution is 2.28. The van der Waals surface area contributed by atoms with Crippen LogP contribution in [-0.4, -0.2) is 32.6 Å². The third kappa shape index (κ3) is 4.26. The standard InChI is InChI=1S/C26H27ClN4O/c1-5-18-10-11-24-22(12-18)23(14-25(29-24)19-8-7-9-21(27)13-19)26(32)30(4)16-20-15-28-31(6-2)17(20)3/h7-15H,5-6,16H2,1-4H3. The molecule has 0 spiro atoms. The number of amides is 1. The quantitative estimate of drug-likeness (QED) is 0.369. The van der Waals surface area contributed by atoms with Gasteiger partial charge in [0.2, 0.25) is 0 Å². The molecule has 0 aliphatic carbocycles. The molecule has 0 saturated carbocycles. The van der Waals surface area contributed by atoms with Gasteiger partial charge in [-0.05, 0) is 56.2 Å². The van der Waals surface area contributed by atoms with E-state index in [4.69, 9.17) is 16.6 Å². The Kier molecular flexibility index (Phi) is 6.28. The van der Waals surface area contributed by atoms with Crippen LogP contribution in [0.15, 0.2) is 54.7 Å². The minimum atomic E-state index is -0.0439. The van der Waals surface area contributed by atoms with Gasteiger partial charge in [-0.1, -0.05) is 36.7 Å². The third-order valence-corrected chi connectivity index (χ3v) is 6.13. The van der Waals surface area contributed by atoms with Crippen molar-refractivity contribution in [3.05, 3.63) is 82.1 Å². The maximum Gasteiger partial charge on any atom is 0.254 e. The number of carbonyl (C=O) groups excluding carboxylic acids is 1. The average Bonchev–Trinajstić information content (AvgIpc) is 3.16. The molecular formula is C26H27ClN4O. The first-order valence-corrected chi connectivity index (χ1v) is 11.3. The van der Waals surface area contributed by atoms with E-state index in [9.17, 15) is 4.79 Å². The number of rotatable bonds is 6. The minimum Gasteiger partial charge on any atom is -0.337 e. The number of aromatic nitrogens is 3. The summed E-state index contributed by atoms with van der Waals surface area (Å²) in [5, 5.41) is 5.92. The van der Waals surface area contributed by atoms with Crippen LogP contribution in [0.2, 0.25) is 5.02 Å². The van der Waals surface area contributed by atoms with Crippen molar-refractivity contribution in [1.29, 1.82) is 0 Å². The normalized spacial score (nSPS) is 11.2. The van der Waals surface area contributed by atoms with Crippen LogP contribution in [0.3, 0.4) is 0 Å². The SMILES string of the molecule is CCc1ccc2nc(-c3cccc(Cl)c3)cc(C(=O)N(C)Cc3cnn(CC)c3C)c2c1. The van der Waals surface area contributed by atoms with E-state index in [-0.39, 0.29) is 5.91 Å². The zero-order valence-electron chi connectivity index (χ0n) is 18.9. The molecule has 0 bridgehead atoms. The van der Waals surface area contributed by atoms with Crippen LogP contribution < -0.4 is 0 Å². The van der Waals surface area contributed by atoms with E-state index in [2.05, 4.69) is 31.1 Å². The Labute approximate surface area is 193 Å². The van der Waals surface area contributed by atoms with Crippen molar-refractivity contribution in [2.75, 3.05) is 7.05 Å². The average molecular weight is 447 g/mol. The molecule has 0 N–H and O–H groups in total. The molecule has 0 fully saturated rings. The number of halogens is 1. The maximum atomic E-state index is 13.6. The van der Waals surface area contributed by atoms with Gasteiger partial charge in [0, 0.05) is 47.4 Å². The van der Waals surface area contributed by atoms with Crippen LogP contribution in [0.25, 0.3) is 22.2 Å². The molecule has 0 atom stereocenters.